The average Bonchev–Trinajstić information content (AvgIpc) is 2.72. The van der Waals surface area contributed by atoms with Gasteiger partial charge in [-0.1, -0.05) is 6.42 Å². The van der Waals surface area contributed by atoms with E-state index in [0.717, 1.165) is 19.5 Å². The summed E-state index contributed by atoms with van der Waals surface area (Å²) in [6.07, 6.45) is 6.58. The summed E-state index contributed by atoms with van der Waals surface area (Å²) >= 11 is 0. The van der Waals surface area contributed by atoms with Gasteiger partial charge in [-0.25, -0.2) is 0 Å². The highest BCUT2D eigenvalue weighted by molar-refractivity contribution is 5.75. The van der Waals surface area contributed by atoms with Crippen LogP contribution in [-0.4, -0.2) is 44.0 Å². The fourth-order valence-electron chi connectivity index (χ4n) is 3.10. The SMILES string of the molecule is CN1CCC(CCC(=O)NCC2(CN)CCC2)C1. The van der Waals surface area contributed by atoms with Gasteiger partial charge in [0.1, 0.15) is 0 Å². The van der Waals surface area contributed by atoms with Crippen LogP contribution < -0.4 is 11.1 Å². The first-order valence-corrected chi connectivity index (χ1v) is 7.29. The van der Waals surface area contributed by atoms with Crippen molar-refractivity contribution in [3.05, 3.63) is 0 Å². The number of likely N-dealkylation sites (tertiary alicyclic amines) is 1. The number of nitrogens with two attached hydrogens (primary N) is 1. The molecular weight excluding hydrogens is 226 g/mol. The zero-order chi connectivity index (χ0) is 13.0. The predicted octanol–water partition coefficient (Wildman–Crippen LogP) is 0.964. The van der Waals surface area contributed by atoms with Crippen LogP contribution in [0.4, 0.5) is 0 Å². The lowest BCUT2D eigenvalue weighted by molar-refractivity contribution is -0.122. The second kappa shape index (κ2) is 6.02. The van der Waals surface area contributed by atoms with Gasteiger partial charge in [0.15, 0.2) is 0 Å². The zero-order valence-corrected chi connectivity index (χ0v) is 11.6. The third-order valence-electron chi connectivity index (χ3n) is 4.78. The molecule has 4 heteroatoms. The summed E-state index contributed by atoms with van der Waals surface area (Å²) in [4.78, 5) is 14.2. The van der Waals surface area contributed by atoms with Crippen LogP contribution in [0, 0.1) is 11.3 Å². The van der Waals surface area contributed by atoms with Gasteiger partial charge < -0.3 is 16.0 Å². The molecule has 0 aromatic carbocycles. The number of carbonyl (C=O) groups excluding carboxylic acids is 1. The molecule has 0 radical (unpaired) electrons. The van der Waals surface area contributed by atoms with Gasteiger partial charge in [0, 0.05) is 19.5 Å². The van der Waals surface area contributed by atoms with Crippen LogP contribution in [0.2, 0.25) is 0 Å². The van der Waals surface area contributed by atoms with E-state index in [1.807, 2.05) is 0 Å². The molecule has 0 aromatic rings. The second-order valence-corrected chi connectivity index (χ2v) is 6.29. The summed E-state index contributed by atoms with van der Waals surface area (Å²) in [7, 11) is 2.15. The molecule has 3 N–H and O–H groups in total. The van der Waals surface area contributed by atoms with Crippen LogP contribution in [0.25, 0.3) is 0 Å². The number of amides is 1. The highest BCUT2D eigenvalue weighted by Gasteiger charge is 2.35. The van der Waals surface area contributed by atoms with Gasteiger partial charge in [-0.2, -0.15) is 0 Å². The second-order valence-electron chi connectivity index (χ2n) is 6.29. The number of carbonyl (C=O) groups is 1. The molecule has 2 fully saturated rings. The first-order valence-electron chi connectivity index (χ1n) is 7.29. The minimum Gasteiger partial charge on any atom is -0.355 e. The van der Waals surface area contributed by atoms with E-state index in [1.54, 1.807) is 0 Å². The summed E-state index contributed by atoms with van der Waals surface area (Å²) in [6.45, 7) is 3.83. The molecule has 0 aromatic heterocycles. The lowest BCUT2D eigenvalue weighted by atomic mass is 9.69. The molecule has 18 heavy (non-hydrogen) atoms. The first kappa shape index (κ1) is 13.8. The maximum absolute atomic E-state index is 11.8. The third kappa shape index (κ3) is 3.45. The molecule has 2 aliphatic rings. The Morgan fingerprint density at radius 1 is 1.50 bits per heavy atom. The molecule has 1 amide bonds. The largest absolute Gasteiger partial charge is 0.355 e. The molecule has 1 aliphatic heterocycles. The molecule has 1 atom stereocenters. The number of rotatable bonds is 6. The number of nitrogens with zero attached hydrogens (tertiary/aromatic N) is 1. The van der Waals surface area contributed by atoms with Gasteiger partial charge >= 0.3 is 0 Å². The van der Waals surface area contributed by atoms with Gasteiger partial charge in [-0.3, -0.25) is 4.79 Å². The van der Waals surface area contributed by atoms with E-state index in [-0.39, 0.29) is 11.3 Å². The van der Waals surface area contributed by atoms with Crippen molar-refractivity contribution in [2.75, 3.05) is 33.2 Å². The normalized spacial score (nSPS) is 26.9. The molecule has 0 bridgehead atoms. The maximum Gasteiger partial charge on any atom is 0.220 e. The Morgan fingerprint density at radius 2 is 2.28 bits per heavy atom. The smallest absolute Gasteiger partial charge is 0.220 e. The van der Waals surface area contributed by atoms with Crippen LogP contribution in [0.1, 0.15) is 38.5 Å². The molecule has 1 heterocycles. The van der Waals surface area contributed by atoms with Crippen molar-refractivity contribution in [2.45, 2.75) is 38.5 Å². The molecule has 1 aliphatic carbocycles. The molecular formula is C14H27N3O. The number of nitrogens with one attached hydrogen (secondary N) is 1. The lowest BCUT2D eigenvalue weighted by Gasteiger charge is -2.41. The minimum absolute atomic E-state index is 0.212. The summed E-state index contributed by atoms with van der Waals surface area (Å²) in [5.41, 5.74) is 6.01. The Hall–Kier alpha value is -0.610. The van der Waals surface area contributed by atoms with Crippen molar-refractivity contribution >= 4 is 5.91 Å². The van der Waals surface area contributed by atoms with Crippen LogP contribution in [0.3, 0.4) is 0 Å². The van der Waals surface area contributed by atoms with E-state index in [1.165, 1.54) is 32.2 Å². The molecule has 2 rings (SSSR count). The Morgan fingerprint density at radius 3 is 2.78 bits per heavy atom. The molecule has 104 valence electrons. The van der Waals surface area contributed by atoms with Crippen molar-refractivity contribution in [2.24, 2.45) is 17.1 Å². The highest BCUT2D eigenvalue weighted by atomic mass is 16.1. The van der Waals surface area contributed by atoms with Crippen LogP contribution >= 0.6 is 0 Å². The minimum atomic E-state index is 0.212. The maximum atomic E-state index is 11.8. The quantitative estimate of drug-likeness (QED) is 0.741. The third-order valence-corrected chi connectivity index (χ3v) is 4.78. The molecule has 1 saturated carbocycles. The number of hydrogen-bond acceptors (Lipinski definition) is 3. The van der Waals surface area contributed by atoms with Gasteiger partial charge in [-0.15, -0.1) is 0 Å². The fraction of sp³-hybridized carbons (Fsp3) is 0.929. The van der Waals surface area contributed by atoms with Crippen molar-refractivity contribution in [3.63, 3.8) is 0 Å². The van der Waals surface area contributed by atoms with Crippen LogP contribution in [0.15, 0.2) is 0 Å². The van der Waals surface area contributed by atoms with E-state index >= 15 is 0 Å². The van der Waals surface area contributed by atoms with Crippen LogP contribution in [0.5, 0.6) is 0 Å². The molecule has 4 nitrogen and oxygen atoms in total. The average molecular weight is 253 g/mol. The van der Waals surface area contributed by atoms with Gasteiger partial charge in [0.2, 0.25) is 5.91 Å². The fourth-order valence-corrected chi connectivity index (χ4v) is 3.10. The Kier molecular flexibility index (Phi) is 4.62. The van der Waals surface area contributed by atoms with Gasteiger partial charge in [0.05, 0.1) is 0 Å². The lowest BCUT2D eigenvalue weighted by Crippen LogP contribution is -2.46. The summed E-state index contributed by atoms with van der Waals surface area (Å²) < 4.78 is 0. The molecule has 1 saturated heterocycles. The van der Waals surface area contributed by atoms with E-state index in [9.17, 15) is 4.79 Å². The summed E-state index contributed by atoms with van der Waals surface area (Å²) in [5, 5.41) is 3.08. The van der Waals surface area contributed by atoms with Gasteiger partial charge in [-0.05, 0) is 57.2 Å². The van der Waals surface area contributed by atoms with Crippen LogP contribution in [-0.2, 0) is 4.79 Å². The highest BCUT2D eigenvalue weighted by Crippen LogP contribution is 2.39. The Balaban J connectivity index is 1.60. The Labute approximate surface area is 110 Å². The monoisotopic (exact) mass is 253 g/mol. The topological polar surface area (TPSA) is 58.4 Å². The Bertz CT molecular complexity index is 283. The first-order chi connectivity index (χ1) is 8.63. The van der Waals surface area contributed by atoms with Gasteiger partial charge in [0.25, 0.3) is 0 Å². The summed E-state index contributed by atoms with van der Waals surface area (Å²) in [5.74, 6) is 0.928. The predicted molar refractivity (Wildman–Crippen MR) is 73.2 cm³/mol. The standard InChI is InChI=1S/C14H27N3O/c1-17-8-5-12(9-17)3-4-13(18)16-11-14(10-15)6-2-7-14/h12H,2-11,15H2,1H3,(H,16,18). The van der Waals surface area contributed by atoms with E-state index in [2.05, 4.69) is 17.3 Å². The van der Waals surface area contributed by atoms with E-state index in [0.29, 0.717) is 18.9 Å². The van der Waals surface area contributed by atoms with E-state index in [4.69, 9.17) is 5.73 Å². The van der Waals surface area contributed by atoms with Crippen molar-refractivity contribution in [1.82, 2.24) is 10.2 Å². The molecule has 1 unspecified atom stereocenters. The van der Waals surface area contributed by atoms with Crippen molar-refractivity contribution in [1.29, 1.82) is 0 Å². The van der Waals surface area contributed by atoms with E-state index < -0.39 is 0 Å². The number of hydrogen-bond donors (Lipinski definition) is 2. The van der Waals surface area contributed by atoms with Crippen molar-refractivity contribution in [3.8, 4) is 0 Å². The summed E-state index contributed by atoms with van der Waals surface area (Å²) in [6, 6.07) is 0. The molecule has 0 spiro atoms. The van der Waals surface area contributed by atoms with Crippen molar-refractivity contribution < 1.29 is 4.79 Å². The zero-order valence-electron chi connectivity index (χ0n) is 11.6.